The van der Waals surface area contributed by atoms with E-state index in [9.17, 15) is 0 Å². The summed E-state index contributed by atoms with van der Waals surface area (Å²) >= 11 is 0. The quantitative estimate of drug-likeness (QED) is 0.692. The molecule has 0 bridgehead atoms. The van der Waals surface area contributed by atoms with Crippen molar-refractivity contribution in [2.45, 2.75) is 32.2 Å². The fourth-order valence-corrected chi connectivity index (χ4v) is 2.33. The van der Waals surface area contributed by atoms with E-state index in [1.54, 1.807) is 0 Å². The monoisotopic (exact) mass is 236 g/mol. The van der Waals surface area contributed by atoms with Crippen molar-refractivity contribution in [3.8, 4) is 0 Å². The second kappa shape index (κ2) is 7.45. The lowest BCUT2D eigenvalue weighted by Gasteiger charge is -2.14. The molecule has 1 aromatic rings. The van der Waals surface area contributed by atoms with E-state index in [0.29, 0.717) is 0 Å². The number of rotatable bonds is 8. The lowest BCUT2D eigenvalue weighted by atomic mass is 10.3. The van der Waals surface area contributed by atoms with Crippen LogP contribution in [0.4, 0.5) is 0 Å². The van der Waals surface area contributed by atoms with E-state index in [1.807, 2.05) is 18.7 Å². The van der Waals surface area contributed by atoms with Crippen LogP contribution in [0.5, 0.6) is 0 Å². The maximum Gasteiger partial charge on any atom is 0.0945 e. The van der Waals surface area contributed by atoms with E-state index in [2.05, 4.69) is 19.8 Å². The van der Waals surface area contributed by atoms with Gasteiger partial charge < -0.3 is 14.8 Å². The minimum Gasteiger partial charge on any atom is -0.337 e. The Morgan fingerprint density at radius 2 is 1.94 bits per heavy atom. The summed E-state index contributed by atoms with van der Waals surface area (Å²) in [6, 6.07) is 0. The van der Waals surface area contributed by atoms with Crippen LogP contribution >= 0.6 is 0 Å². The second-order valence-corrected chi connectivity index (χ2v) is 4.81. The summed E-state index contributed by atoms with van der Waals surface area (Å²) in [5.74, 6) is 0. The zero-order valence-corrected chi connectivity index (χ0v) is 10.6. The smallest absolute Gasteiger partial charge is 0.0945 e. The second-order valence-electron chi connectivity index (χ2n) is 4.81. The van der Waals surface area contributed by atoms with Gasteiger partial charge in [0.15, 0.2) is 0 Å². The first kappa shape index (κ1) is 12.6. The van der Waals surface area contributed by atoms with Gasteiger partial charge >= 0.3 is 0 Å². The first-order valence-corrected chi connectivity index (χ1v) is 6.84. The van der Waals surface area contributed by atoms with Gasteiger partial charge in [-0.15, -0.1) is 0 Å². The Kier molecular flexibility index (Phi) is 5.52. The van der Waals surface area contributed by atoms with Gasteiger partial charge in [0.05, 0.1) is 6.33 Å². The maximum absolute atomic E-state index is 4.04. The molecular weight excluding hydrogens is 212 g/mol. The Bertz CT molecular complexity index is 278. The molecule has 4 nitrogen and oxygen atoms in total. The van der Waals surface area contributed by atoms with Gasteiger partial charge in [-0.25, -0.2) is 4.98 Å². The van der Waals surface area contributed by atoms with E-state index in [4.69, 9.17) is 0 Å². The molecule has 0 aromatic carbocycles. The van der Waals surface area contributed by atoms with Gasteiger partial charge in [0.1, 0.15) is 0 Å². The zero-order chi connectivity index (χ0) is 11.8. The summed E-state index contributed by atoms with van der Waals surface area (Å²) in [6.45, 7) is 7.22. The molecule has 1 N–H and O–H groups in total. The van der Waals surface area contributed by atoms with Gasteiger partial charge in [-0.2, -0.15) is 0 Å². The van der Waals surface area contributed by atoms with E-state index < -0.39 is 0 Å². The Labute approximate surface area is 104 Å². The number of unbranched alkanes of at least 4 members (excludes halogenated alkanes) is 1. The molecule has 1 aromatic heterocycles. The van der Waals surface area contributed by atoms with Crippen LogP contribution in [0.25, 0.3) is 0 Å². The van der Waals surface area contributed by atoms with Crippen molar-refractivity contribution in [1.29, 1.82) is 0 Å². The van der Waals surface area contributed by atoms with Crippen LogP contribution in [0.15, 0.2) is 18.7 Å². The molecule has 1 aliphatic rings. The molecule has 0 amide bonds. The number of nitrogens with one attached hydrogen (secondary N) is 1. The van der Waals surface area contributed by atoms with E-state index in [-0.39, 0.29) is 0 Å². The molecule has 0 radical (unpaired) electrons. The van der Waals surface area contributed by atoms with Crippen LogP contribution in [0.2, 0.25) is 0 Å². The summed E-state index contributed by atoms with van der Waals surface area (Å²) in [5.41, 5.74) is 0. The van der Waals surface area contributed by atoms with Crippen molar-refractivity contribution in [2.24, 2.45) is 0 Å². The van der Waals surface area contributed by atoms with Crippen molar-refractivity contribution in [2.75, 3.05) is 32.7 Å². The van der Waals surface area contributed by atoms with E-state index in [0.717, 1.165) is 19.6 Å². The molecule has 1 saturated heterocycles. The summed E-state index contributed by atoms with van der Waals surface area (Å²) in [7, 11) is 0. The summed E-state index contributed by atoms with van der Waals surface area (Å²) in [4.78, 5) is 6.59. The molecule has 0 aliphatic carbocycles. The van der Waals surface area contributed by atoms with Crippen molar-refractivity contribution in [3.63, 3.8) is 0 Å². The van der Waals surface area contributed by atoms with Crippen molar-refractivity contribution < 1.29 is 0 Å². The minimum absolute atomic E-state index is 1.09. The topological polar surface area (TPSA) is 33.1 Å². The van der Waals surface area contributed by atoms with Crippen molar-refractivity contribution in [1.82, 2.24) is 19.8 Å². The number of aryl methyl sites for hydroxylation is 1. The Morgan fingerprint density at radius 3 is 2.71 bits per heavy atom. The lowest BCUT2D eigenvalue weighted by Crippen LogP contribution is -2.30. The summed E-state index contributed by atoms with van der Waals surface area (Å²) < 4.78 is 2.14. The number of nitrogens with zero attached hydrogens (tertiary/aromatic N) is 3. The van der Waals surface area contributed by atoms with E-state index in [1.165, 1.54) is 45.3 Å². The molecule has 0 saturated carbocycles. The number of hydrogen-bond donors (Lipinski definition) is 1. The molecule has 4 heteroatoms. The molecule has 2 rings (SSSR count). The van der Waals surface area contributed by atoms with Crippen LogP contribution in [0, 0.1) is 0 Å². The van der Waals surface area contributed by atoms with Gasteiger partial charge in [0.25, 0.3) is 0 Å². The predicted octanol–water partition coefficient (Wildman–Crippen LogP) is 1.35. The van der Waals surface area contributed by atoms with Crippen molar-refractivity contribution >= 4 is 0 Å². The predicted molar refractivity (Wildman–Crippen MR) is 70.0 cm³/mol. The number of imidazole rings is 1. The fourth-order valence-electron chi connectivity index (χ4n) is 2.33. The van der Waals surface area contributed by atoms with E-state index >= 15 is 0 Å². The largest absolute Gasteiger partial charge is 0.337 e. The molecule has 2 heterocycles. The van der Waals surface area contributed by atoms with Gasteiger partial charge in [-0.3, -0.25) is 0 Å². The van der Waals surface area contributed by atoms with Crippen LogP contribution in [-0.4, -0.2) is 47.2 Å². The average molecular weight is 236 g/mol. The number of aromatic nitrogens is 2. The van der Waals surface area contributed by atoms with Crippen LogP contribution in [0.3, 0.4) is 0 Å². The SMILES string of the molecule is c1cn(CCCCNCCN2CCCC2)cn1. The summed E-state index contributed by atoms with van der Waals surface area (Å²) in [5, 5.41) is 3.53. The Morgan fingerprint density at radius 1 is 1.06 bits per heavy atom. The minimum atomic E-state index is 1.09. The molecule has 1 aliphatic heterocycles. The molecular formula is C13H24N4. The third kappa shape index (κ3) is 4.88. The Balaban J connectivity index is 1.39. The highest BCUT2D eigenvalue weighted by Crippen LogP contribution is 2.05. The molecule has 17 heavy (non-hydrogen) atoms. The molecule has 1 fully saturated rings. The number of likely N-dealkylation sites (tertiary alicyclic amines) is 1. The highest BCUT2D eigenvalue weighted by Gasteiger charge is 2.09. The first-order chi connectivity index (χ1) is 8.45. The third-order valence-electron chi connectivity index (χ3n) is 3.38. The van der Waals surface area contributed by atoms with Gasteiger partial charge in [-0.05, 0) is 45.3 Å². The molecule has 0 unspecified atom stereocenters. The number of hydrogen-bond acceptors (Lipinski definition) is 3. The molecule has 0 atom stereocenters. The normalized spacial score (nSPS) is 16.7. The molecule has 0 spiro atoms. The van der Waals surface area contributed by atoms with Crippen LogP contribution in [-0.2, 0) is 6.54 Å². The standard InChI is InChI=1S/C13H24N4/c1(2-10-17-12-7-15-13-17)5-14-6-11-16-8-3-4-9-16/h7,12-14H,1-6,8-11H2. The maximum atomic E-state index is 4.04. The molecule has 96 valence electrons. The first-order valence-electron chi connectivity index (χ1n) is 6.84. The fraction of sp³-hybridized carbons (Fsp3) is 0.769. The highest BCUT2D eigenvalue weighted by molar-refractivity contribution is 4.73. The highest BCUT2D eigenvalue weighted by atomic mass is 15.1. The summed E-state index contributed by atoms with van der Waals surface area (Å²) in [6.07, 6.45) is 11.0. The van der Waals surface area contributed by atoms with Gasteiger partial charge in [0.2, 0.25) is 0 Å². The Hall–Kier alpha value is -0.870. The third-order valence-corrected chi connectivity index (χ3v) is 3.38. The van der Waals surface area contributed by atoms with Crippen LogP contribution in [0.1, 0.15) is 25.7 Å². The van der Waals surface area contributed by atoms with Crippen LogP contribution < -0.4 is 5.32 Å². The van der Waals surface area contributed by atoms with Gasteiger partial charge in [0, 0.05) is 32.0 Å². The average Bonchev–Trinajstić information content (AvgIpc) is 3.00. The van der Waals surface area contributed by atoms with Crippen molar-refractivity contribution in [3.05, 3.63) is 18.7 Å². The van der Waals surface area contributed by atoms with Gasteiger partial charge in [-0.1, -0.05) is 0 Å². The zero-order valence-electron chi connectivity index (χ0n) is 10.6. The lowest BCUT2D eigenvalue weighted by molar-refractivity contribution is 0.335.